The first-order valence-corrected chi connectivity index (χ1v) is 7.51. The Morgan fingerprint density at radius 1 is 1.11 bits per heavy atom. The molecule has 2 aromatic rings. The number of nitrogens with zero attached hydrogens (tertiary/aromatic N) is 2. The van der Waals surface area contributed by atoms with Crippen LogP contribution in [0.4, 0.5) is 5.82 Å². The number of rotatable bonds is 2. The Morgan fingerprint density at radius 2 is 1.68 bits per heavy atom. The molecule has 0 fully saturated rings. The van der Waals surface area contributed by atoms with Crippen molar-refractivity contribution in [1.29, 1.82) is 0 Å². The van der Waals surface area contributed by atoms with E-state index >= 15 is 0 Å². The van der Waals surface area contributed by atoms with Crippen LogP contribution in [0.5, 0.6) is 0 Å². The monoisotopic (exact) mass is 407 g/mol. The van der Waals surface area contributed by atoms with Crippen molar-refractivity contribution in [3.05, 3.63) is 37.5 Å². The molecule has 1 aromatic carbocycles. The number of anilines is 1. The van der Waals surface area contributed by atoms with E-state index < -0.39 is 0 Å². The van der Waals surface area contributed by atoms with Crippen LogP contribution in [0.2, 0.25) is 10.0 Å². The SMILES string of the molecule is CC(C)c1nc(-c2cc(Cl)cc(Cl)c2)nc(N)c1I. The molecule has 0 saturated heterocycles. The lowest BCUT2D eigenvalue weighted by Gasteiger charge is -2.12. The summed E-state index contributed by atoms with van der Waals surface area (Å²) in [5.41, 5.74) is 7.64. The lowest BCUT2D eigenvalue weighted by atomic mass is 10.1. The van der Waals surface area contributed by atoms with Gasteiger partial charge in [0.05, 0.1) is 9.26 Å². The van der Waals surface area contributed by atoms with Crippen LogP contribution in [0, 0.1) is 3.57 Å². The second-order valence-corrected chi connectivity index (χ2v) is 6.40. The van der Waals surface area contributed by atoms with Crippen LogP contribution < -0.4 is 5.73 Å². The molecule has 0 spiro atoms. The summed E-state index contributed by atoms with van der Waals surface area (Å²) in [6.45, 7) is 4.14. The number of nitrogens with two attached hydrogens (primary N) is 1. The van der Waals surface area contributed by atoms with E-state index in [4.69, 9.17) is 28.9 Å². The number of benzene rings is 1. The van der Waals surface area contributed by atoms with Crippen LogP contribution in [0.15, 0.2) is 18.2 Å². The van der Waals surface area contributed by atoms with Crippen molar-refractivity contribution in [3.63, 3.8) is 0 Å². The number of aromatic nitrogens is 2. The molecule has 0 aliphatic heterocycles. The van der Waals surface area contributed by atoms with Crippen LogP contribution in [0.1, 0.15) is 25.5 Å². The number of halogens is 3. The molecule has 1 heterocycles. The van der Waals surface area contributed by atoms with Crippen molar-refractivity contribution in [2.45, 2.75) is 19.8 Å². The molecule has 3 nitrogen and oxygen atoms in total. The fourth-order valence-electron chi connectivity index (χ4n) is 1.68. The quantitative estimate of drug-likeness (QED) is 0.730. The summed E-state index contributed by atoms with van der Waals surface area (Å²) in [7, 11) is 0. The van der Waals surface area contributed by atoms with Gasteiger partial charge in [-0.3, -0.25) is 0 Å². The third-order valence-corrected chi connectivity index (χ3v) is 4.11. The van der Waals surface area contributed by atoms with E-state index in [2.05, 4.69) is 46.4 Å². The van der Waals surface area contributed by atoms with Gasteiger partial charge >= 0.3 is 0 Å². The summed E-state index contributed by atoms with van der Waals surface area (Å²) in [6, 6.07) is 5.23. The number of hydrogen-bond acceptors (Lipinski definition) is 3. The summed E-state index contributed by atoms with van der Waals surface area (Å²) in [5.74, 6) is 1.29. The second kappa shape index (κ2) is 5.81. The molecule has 0 aliphatic rings. The zero-order valence-corrected chi connectivity index (χ0v) is 14.1. The summed E-state index contributed by atoms with van der Waals surface area (Å²) in [4.78, 5) is 8.88. The summed E-state index contributed by atoms with van der Waals surface area (Å²) < 4.78 is 0.893. The van der Waals surface area contributed by atoms with Crippen molar-refractivity contribution in [2.75, 3.05) is 5.73 Å². The zero-order chi connectivity index (χ0) is 14.2. The Kier molecular flexibility index (Phi) is 4.53. The Balaban J connectivity index is 2.62. The fourth-order valence-corrected chi connectivity index (χ4v) is 3.07. The first-order chi connectivity index (χ1) is 8.88. The Labute approximate surface area is 135 Å². The van der Waals surface area contributed by atoms with E-state index in [1.165, 1.54) is 0 Å². The first kappa shape index (κ1) is 14.8. The summed E-state index contributed by atoms with van der Waals surface area (Å²) >= 11 is 14.2. The molecule has 2 N–H and O–H groups in total. The Hall–Kier alpha value is -0.590. The Morgan fingerprint density at radius 3 is 2.21 bits per heavy atom. The average Bonchev–Trinajstić information content (AvgIpc) is 2.30. The zero-order valence-electron chi connectivity index (χ0n) is 10.4. The van der Waals surface area contributed by atoms with E-state index in [-0.39, 0.29) is 5.92 Å². The summed E-state index contributed by atoms with van der Waals surface area (Å²) in [5, 5.41) is 1.10. The largest absolute Gasteiger partial charge is 0.383 e. The van der Waals surface area contributed by atoms with Crippen LogP contribution in [-0.2, 0) is 0 Å². The van der Waals surface area contributed by atoms with Gasteiger partial charge in [-0.15, -0.1) is 0 Å². The van der Waals surface area contributed by atoms with Gasteiger partial charge in [0.1, 0.15) is 5.82 Å². The third-order valence-electron chi connectivity index (χ3n) is 2.57. The first-order valence-electron chi connectivity index (χ1n) is 5.68. The third kappa shape index (κ3) is 3.30. The maximum absolute atomic E-state index is 6.00. The van der Waals surface area contributed by atoms with Crippen molar-refractivity contribution < 1.29 is 0 Å². The lowest BCUT2D eigenvalue weighted by molar-refractivity contribution is 0.810. The minimum Gasteiger partial charge on any atom is -0.383 e. The molecule has 0 atom stereocenters. The topological polar surface area (TPSA) is 51.8 Å². The minimum atomic E-state index is 0.269. The van der Waals surface area contributed by atoms with Crippen LogP contribution >= 0.6 is 45.8 Å². The second-order valence-electron chi connectivity index (χ2n) is 4.44. The molecule has 2 rings (SSSR count). The van der Waals surface area contributed by atoms with Crippen LogP contribution in [0.3, 0.4) is 0 Å². The van der Waals surface area contributed by atoms with Crippen molar-refractivity contribution in [1.82, 2.24) is 9.97 Å². The van der Waals surface area contributed by atoms with E-state index in [0.717, 1.165) is 14.8 Å². The molecule has 19 heavy (non-hydrogen) atoms. The van der Waals surface area contributed by atoms with Crippen LogP contribution in [-0.4, -0.2) is 9.97 Å². The molecule has 1 aromatic heterocycles. The lowest BCUT2D eigenvalue weighted by Crippen LogP contribution is -2.06. The van der Waals surface area contributed by atoms with Crippen LogP contribution in [0.25, 0.3) is 11.4 Å². The van der Waals surface area contributed by atoms with Crippen molar-refractivity contribution >= 4 is 51.6 Å². The Bertz CT molecular complexity index is 609. The van der Waals surface area contributed by atoms with Gasteiger partial charge in [-0.25, -0.2) is 9.97 Å². The molecular weight excluding hydrogens is 396 g/mol. The van der Waals surface area contributed by atoms with E-state index in [1.54, 1.807) is 18.2 Å². The molecule has 6 heteroatoms. The molecule has 0 amide bonds. The minimum absolute atomic E-state index is 0.269. The highest BCUT2D eigenvalue weighted by Crippen LogP contribution is 2.29. The van der Waals surface area contributed by atoms with Gasteiger partial charge in [-0.1, -0.05) is 37.0 Å². The predicted octanol–water partition coefficient (Wildman–Crippen LogP) is 4.76. The molecule has 0 unspecified atom stereocenters. The smallest absolute Gasteiger partial charge is 0.161 e. The average molecular weight is 408 g/mol. The fraction of sp³-hybridized carbons (Fsp3) is 0.231. The van der Waals surface area contributed by atoms with Gasteiger partial charge < -0.3 is 5.73 Å². The van der Waals surface area contributed by atoms with E-state index in [0.29, 0.717) is 21.7 Å². The number of nitrogen functional groups attached to an aromatic ring is 1. The molecule has 100 valence electrons. The van der Waals surface area contributed by atoms with Gasteiger partial charge in [0.2, 0.25) is 0 Å². The van der Waals surface area contributed by atoms with E-state index in [9.17, 15) is 0 Å². The van der Waals surface area contributed by atoms with Crippen molar-refractivity contribution in [2.24, 2.45) is 0 Å². The standard InChI is InChI=1S/C13H12Cl2IN3/c1-6(2)11-10(16)12(17)19-13(18-11)7-3-8(14)5-9(15)4-7/h3-6H,1-2H3,(H2,17,18,19). The normalized spacial score (nSPS) is 11.1. The molecule has 0 bridgehead atoms. The summed E-state index contributed by atoms with van der Waals surface area (Å²) in [6.07, 6.45) is 0. The van der Waals surface area contributed by atoms with Gasteiger partial charge in [0.25, 0.3) is 0 Å². The van der Waals surface area contributed by atoms with E-state index in [1.807, 2.05) is 0 Å². The highest BCUT2D eigenvalue weighted by molar-refractivity contribution is 14.1. The molecular formula is C13H12Cl2IN3. The maximum atomic E-state index is 6.00. The highest BCUT2D eigenvalue weighted by Gasteiger charge is 2.14. The van der Waals surface area contributed by atoms with Gasteiger partial charge in [0, 0.05) is 15.6 Å². The number of hydrogen-bond donors (Lipinski definition) is 1. The van der Waals surface area contributed by atoms with Gasteiger partial charge in [-0.2, -0.15) is 0 Å². The molecule has 0 aliphatic carbocycles. The predicted molar refractivity (Wildman–Crippen MR) is 88.7 cm³/mol. The van der Waals surface area contributed by atoms with Gasteiger partial charge in [-0.05, 0) is 46.7 Å². The van der Waals surface area contributed by atoms with Crippen molar-refractivity contribution in [3.8, 4) is 11.4 Å². The molecule has 0 radical (unpaired) electrons. The highest BCUT2D eigenvalue weighted by atomic mass is 127. The molecule has 0 saturated carbocycles. The maximum Gasteiger partial charge on any atom is 0.161 e. The van der Waals surface area contributed by atoms with Gasteiger partial charge in [0.15, 0.2) is 5.82 Å².